The van der Waals surface area contributed by atoms with Crippen LogP contribution < -0.4 is 0 Å². The van der Waals surface area contributed by atoms with Crippen LogP contribution in [0.15, 0.2) is 10.6 Å². The molecule has 0 unspecified atom stereocenters. The molecular formula is C3H5BCl2. The van der Waals surface area contributed by atoms with Crippen molar-refractivity contribution in [3.05, 3.63) is 10.6 Å². The van der Waals surface area contributed by atoms with Gasteiger partial charge in [-0.15, -0.1) is 0 Å². The summed E-state index contributed by atoms with van der Waals surface area (Å²) in [5.41, 5.74) is 0. The third kappa shape index (κ3) is 4.38. The predicted octanol–water partition coefficient (Wildman–Crippen LogP) is 1.36. The van der Waals surface area contributed by atoms with Gasteiger partial charge in [0, 0.05) is 0 Å². The Morgan fingerprint density at radius 3 is 2.17 bits per heavy atom. The van der Waals surface area contributed by atoms with E-state index in [-0.39, 0.29) is 0 Å². The lowest BCUT2D eigenvalue weighted by Gasteiger charge is -1.73. The van der Waals surface area contributed by atoms with Crippen molar-refractivity contribution in [3.63, 3.8) is 0 Å². The van der Waals surface area contributed by atoms with E-state index in [1.807, 2.05) is 7.85 Å². The van der Waals surface area contributed by atoms with Gasteiger partial charge in [0.25, 0.3) is 0 Å². The Labute approximate surface area is 48.5 Å². The maximum atomic E-state index is 5.20. The normalized spacial score (nSPS) is 7.67. The largest absolute Gasteiger partial charge is 0.106 e. The molecule has 0 atom stereocenters. The van der Waals surface area contributed by atoms with Crippen LogP contribution >= 0.6 is 23.2 Å². The second kappa shape index (κ2) is 3.57. The van der Waals surface area contributed by atoms with Crippen LogP contribution in [0.2, 0.25) is 6.32 Å². The molecule has 0 saturated carbocycles. The molecule has 0 aromatic rings. The van der Waals surface area contributed by atoms with Gasteiger partial charge in [0.05, 0.1) is 0 Å². The molecule has 0 rings (SSSR count). The van der Waals surface area contributed by atoms with Crippen LogP contribution in [-0.2, 0) is 0 Å². The summed E-state index contributed by atoms with van der Waals surface area (Å²) in [5.74, 6) is 0. The van der Waals surface area contributed by atoms with E-state index in [1.165, 1.54) is 0 Å². The Kier molecular flexibility index (Phi) is 3.80. The molecule has 0 bridgehead atoms. The third-order valence-corrected chi connectivity index (χ3v) is 0.667. The molecule has 0 heterocycles. The average Bonchev–Trinajstić information content (AvgIpc) is 1.35. The van der Waals surface area contributed by atoms with Crippen molar-refractivity contribution in [2.24, 2.45) is 0 Å². The Hall–Kier alpha value is 0.385. The van der Waals surface area contributed by atoms with Gasteiger partial charge in [-0.2, -0.15) is 0 Å². The van der Waals surface area contributed by atoms with Gasteiger partial charge in [0.1, 0.15) is 12.3 Å². The highest BCUT2D eigenvalue weighted by Crippen LogP contribution is 2.05. The zero-order chi connectivity index (χ0) is 4.99. The van der Waals surface area contributed by atoms with Crippen molar-refractivity contribution >= 4 is 31.0 Å². The molecular weight excluding hydrogens is 118 g/mol. The number of hydrogen-bond donors (Lipinski definition) is 0. The molecule has 0 aliphatic heterocycles. The average molecular weight is 123 g/mol. The molecule has 0 radical (unpaired) electrons. The lowest BCUT2D eigenvalue weighted by Crippen LogP contribution is -1.55. The first kappa shape index (κ1) is 6.38. The van der Waals surface area contributed by atoms with Gasteiger partial charge in [-0.3, -0.25) is 0 Å². The standard InChI is InChI=1S/C3H5BCl2/c4-2-1-3(5)6/h1H,2,4H2. The second-order valence-corrected chi connectivity index (χ2v) is 1.91. The van der Waals surface area contributed by atoms with Crippen LogP contribution in [0.1, 0.15) is 0 Å². The van der Waals surface area contributed by atoms with Crippen molar-refractivity contribution in [2.45, 2.75) is 6.32 Å². The molecule has 0 N–H and O–H groups in total. The third-order valence-electron chi connectivity index (χ3n) is 0.358. The molecule has 34 valence electrons. The van der Waals surface area contributed by atoms with E-state index in [1.54, 1.807) is 6.08 Å². The lowest BCUT2D eigenvalue weighted by atomic mass is 10.1. The molecule has 0 aromatic carbocycles. The minimum atomic E-state index is 0.359. The Morgan fingerprint density at radius 1 is 1.67 bits per heavy atom. The molecule has 0 fully saturated rings. The monoisotopic (exact) mass is 122 g/mol. The summed E-state index contributed by atoms with van der Waals surface area (Å²) in [5, 5.41) is 0. The fourth-order valence-electron chi connectivity index (χ4n) is 0.154. The summed E-state index contributed by atoms with van der Waals surface area (Å²) in [7, 11) is 1.98. The number of halogens is 2. The van der Waals surface area contributed by atoms with Crippen LogP contribution in [0, 0.1) is 0 Å². The molecule has 0 saturated heterocycles. The Bertz CT molecular complexity index is 55.8. The van der Waals surface area contributed by atoms with Gasteiger partial charge in [-0.1, -0.05) is 35.6 Å². The van der Waals surface area contributed by atoms with Crippen LogP contribution in [0.25, 0.3) is 0 Å². The predicted molar refractivity (Wildman–Crippen MR) is 33.1 cm³/mol. The maximum absolute atomic E-state index is 5.20. The first-order valence-electron chi connectivity index (χ1n) is 1.78. The molecule has 0 aliphatic rings. The van der Waals surface area contributed by atoms with Gasteiger partial charge in [-0.05, 0) is 0 Å². The smallest absolute Gasteiger partial charge is 0.0713 e. The summed E-state index contributed by atoms with van der Waals surface area (Å²) >= 11 is 10.4. The van der Waals surface area contributed by atoms with Crippen molar-refractivity contribution < 1.29 is 0 Å². The molecule has 0 aromatic heterocycles. The Balaban J connectivity index is 3.14. The zero-order valence-corrected chi connectivity index (χ0v) is 5.05. The summed E-state index contributed by atoms with van der Waals surface area (Å²) in [6, 6.07) is 0. The van der Waals surface area contributed by atoms with E-state index in [0.717, 1.165) is 6.32 Å². The lowest BCUT2D eigenvalue weighted by molar-refractivity contribution is 1.73. The molecule has 6 heavy (non-hydrogen) atoms. The minimum absolute atomic E-state index is 0.359. The molecule has 0 nitrogen and oxygen atoms in total. The first-order valence-corrected chi connectivity index (χ1v) is 2.54. The second-order valence-electron chi connectivity index (χ2n) is 0.902. The van der Waals surface area contributed by atoms with E-state index in [2.05, 4.69) is 0 Å². The highest BCUT2D eigenvalue weighted by molar-refractivity contribution is 6.56. The van der Waals surface area contributed by atoms with Crippen molar-refractivity contribution in [1.29, 1.82) is 0 Å². The van der Waals surface area contributed by atoms with Gasteiger partial charge in [-0.25, -0.2) is 0 Å². The van der Waals surface area contributed by atoms with Crippen LogP contribution in [0.5, 0.6) is 0 Å². The van der Waals surface area contributed by atoms with Crippen molar-refractivity contribution in [2.75, 3.05) is 0 Å². The minimum Gasteiger partial charge on any atom is -0.0713 e. The van der Waals surface area contributed by atoms with E-state index in [0.29, 0.717) is 4.49 Å². The van der Waals surface area contributed by atoms with Gasteiger partial charge >= 0.3 is 0 Å². The SMILES string of the molecule is BCC=C(Cl)Cl. The van der Waals surface area contributed by atoms with E-state index < -0.39 is 0 Å². The number of hydrogen-bond acceptors (Lipinski definition) is 0. The van der Waals surface area contributed by atoms with E-state index >= 15 is 0 Å². The van der Waals surface area contributed by atoms with Crippen molar-refractivity contribution in [1.82, 2.24) is 0 Å². The number of allylic oxidation sites excluding steroid dienone is 1. The molecule has 0 spiro atoms. The molecule has 0 amide bonds. The van der Waals surface area contributed by atoms with Crippen LogP contribution in [0.3, 0.4) is 0 Å². The summed E-state index contributed by atoms with van der Waals surface area (Å²) in [4.78, 5) is 0. The van der Waals surface area contributed by atoms with Crippen LogP contribution in [0.4, 0.5) is 0 Å². The van der Waals surface area contributed by atoms with Crippen LogP contribution in [-0.4, -0.2) is 7.85 Å². The number of rotatable bonds is 1. The fourth-order valence-corrected chi connectivity index (χ4v) is 0.463. The Morgan fingerprint density at radius 2 is 2.17 bits per heavy atom. The topological polar surface area (TPSA) is 0 Å². The van der Waals surface area contributed by atoms with Gasteiger partial charge < -0.3 is 0 Å². The van der Waals surface area contributed by atoms with E-state index in [9.17, 15) is 0 Å². The molecule has 0 aliphatic carbocycles. The van der Waals surface area contributed by atoms with E-state index in [4.69, 9.17) is 23.2 Å². The quantitative estimate of drug-likeness (QED) is 0.461. The highest BCUT2D eigenvalue weighted by Gasteiger charge is 1.74. The van der Waals surface area contributed by atoms with Gasteiger partial charge in [0.2, 0.25) is 0 Å². The summed E-state index contributed by atoms with van der Waals surface area (Å²) < 4.78 is 0.359. The fraction of sp³-hybridized carbons (Fsp3) is 0.333. The highest BCUT2D eigenvalue weighted by atomic mass is 35.5. The van der Waals surface area contributed by atoms with Crippen molar-refractivity contribution in [3.8, 4) is 0 Å². The summed E-state index contributed by atoms with van der Waals surface area (Å²) in [6.45, 7) is 0. The zero-order valence-electron chi connectivity index (χ0n) is 3.54. The maximum Gasteiger partial charge on any atom is 0.106 e. The summed E-state index contributed by atoms with van der Waals surface area (Å²) in [6.07, 6.45) is 2.64. The first-order chi connectivity index (χ1) is 2.77. The van der Waals surface area contributed by atoms with Gasteiger partial charge in [0.15, 0.2) is 0 Å². The molecule has 3 heteroatoms.